The van der Waals surface area contributed by atoms with Crippen molar-refractivity contribution in [3.05, 3.63) is 34.1 Å². The fourth-order valence-electron chi connectivity index (χ4n) is 0.990. The summed E-state index contributed by atoms with van der Waals surface area (Å²) in [6, 6.07) is 3.77. The van der Waals surface area contributed by atoms with Crippen molar-refractivity contribution >= 4 is 21.8 Å². The van der Waals surface area contributed by atoms with Gasteiger partial charge in [-0.15, -0.1) is 0 Å². The Hall–Kier alpha value is -0.940. The molecule has 0 aliphatic carbocycles. The van der Waals surface area contributed by atoms with Crippen LogP contribution in [0.4, 0.5) is 4.39 Å². The van der Waals surface area contributed by atoms with Crippen LogP contribution < -0.4 is 5.32 Å². The molecule has 82 valence electrons. The lowest BCUT2D eigenvalue weighted by atomic mass is 10.2. The van der Waals surface area contributed by atoms with Crippen molar-refractivity contribution in [2.45, 2.75) is 13.0 Å². The normalized spacial score (nSPS) is 12.3. The molecule has 0 saturated carbocycles. The van der Waals surface area contributed by atoms with Crippen LogP contribution in [0.15, 0.2) is 22.7 Å². The van der Waals surface area contributed by atoms with E-state index in [0.29, 0.717) is 4.47 Å². The number of aliphatic hydroxyl groups is 1. The molecule has 3 nitrogen and oxygen atoms in total. The van der Waals surface area contributed by atoms with Crippen LogP contribution in [-0.2, 0) is 0 Å². The standard InChI is InChI=1S/C10H11BrFNO2/c1-6(5-14)13-10(15)7-2-3-8(11)9(12)4-7/h2-4,6,14H,5H2,1H3,(H,13,15)/t6-/m0/s1. The van der Waals surface area contributed by atoms with Gasteiger partial charge in [0.25, 0.3) is 5.91 Å². The quantitative estimate of drug-likeness (QED) is 0.882. The summed E-state index contributed by atoms with van der Waals surface area (Å²) in [4.78, 5) is 11.5. The van der Waals surface area contributed by atoms with Crippen LogP contribution in [0.3, 0.4) is 0 Å². The maximum atomic E-state index is 13.1. The molecule has 0 spiro atoms. The minimum Gasteiger partial charge on any atom is -0.394 e. The van der Waals surface area contributed by atoms with Gasteiger partial charge < -0.3 is 10.4 Å². The third-order valence-electron chi connectivity index (χ3n) is 1.83. The van der Waals surface area contributed by atoms with Gasteiger partial charge in [0.15, 0.2) is 0 Å². The summed E-state index contributed by atoms with van der Waals surface area (Å²) in [5, 5.41) is 11.3. The van der Waals surface area contributed by atoms with E-state index in [9.17, 15) is 9.18 Å². The van der Waals surface area contributed by atoms with Gasteiger partial charge in [0.2, 0.25) is 0 Å². The van der Waals surface area contributed by atoms with Crippen molar-refractivity contribution in [2.75, 3.05) is 6.61 Å². The van der Waals surface area contributed by atoms with Crippen molar-refractivity contribution in [1.29, 1.82) is 0 Å². The van der Waals surface area contributed by atoms with E-state index in [4.69, 9.17) is 5.11 Å². The number of hydrogen-bond acceptors (Lipinski definition) is 2. The minimum atomic E-state index is -0.487. The Morgan fingerprint density at radius 3 is 2.87 bits per heavy atom. The molecule has 0 heterocycles. The fourth-order valence-corrected chi connectivity index (χ4v) is 1.24. The zero-order valence-electron chi connectivity index (χ0n) is 8.13. The number of hydrogen-bond donors (Lipinski definition) is 2. The molecule has 0 fully saturated rings. The van der Waals surface area contributed by atoms with Crippen LogP contribution in [-0.4, -0.2) is 23.7 Å². The molecule has 0 aromatic heterocycles. The first-order valence-electron chi connectivity index (χ1n) is 4.41. The molecule has 15 heavy (non-hydrogen) atoms. The monoisotopic (exact) mass is 275 g/mol. The second-order valence-electron chi connectivity index (χ2n) is 3.19. The van der Waals surface area contributed by atoms with Crippen molar-refractivity contribution in [1.82, 2.24) is 5.32 Å². The first-order chi connectivity index (χ1) is 7.04. The molecule has 0 saturated heterocycles. The topological polar surface area (TPSA) is 49.3 Å². The fraction of sp³-hybridized carbons (Fsp3) is 0.300. The molecule has 1 aromatic rings. The first-order valence-corrected chi connectivity index (χ1v) is 5.20. The van der Waals surface area contributed by atoms with Gasteiger partial charge in [-0.05, 0) is 41.1 Å². The SMILES string of the molecule is C[C@@H](CO)NC(=O)c1ccc(Br)c(F)c1. The summed E-state index contributed by atoms with van der Waals surface area (Å²) in [6.45, 7) is 1.51. The van der Waals surface area contributed by atoms with E-state index in [-0.39, 0.29) is 18.2 Å². The van der Waals surface area contributed by atoms with Crippen molar-refractivity contribution < 1.29 is 14.3 Å². The van der Waals surface area contributed by atoms with E-state index in [2.05, 4.69) is 21.2 Å². The van der Waals surface area contributed by atoms with Crippen molar-refractivity contribution in [3.8, 4) is 0 Å². The average Bonchev–Trinajstić information content (AvgIpc) is 2.21. The van der Waals surface area contributed by atoms with Crippen LogP contribution in [0.2, 0.25) is 0 Å². The molecule has 0 aliphatic heterocycles. The second-order valence-corrected chi connectivity index (χ2v) is 4.04. The highest BCUT2D eigenvalue weighted by molar-refractivity contribution is 9.10. The van der Waals surface area contributed by atoms with Gasteiger partial charge in [-0.25, -0.2) is 4.39 Å². The van der Waals surface area contributed by atoms with Crippen LogP contribution >= 0.6 is 15.9 Å². The van der Waals surface area contributed by atoms with Gasteiger partial charge in [0.1, 0.15) is 5.82 Å². The molecule has 1 rings (SSSR count). The third-order valence-corrected chi connectivity index (χ3v) is 2.48. The lowest BCUT2D eigenvalue weighted by Gasteiger charge is -2.10. The largest absolute Gasteiger partial charge is 0.394 e. The first kappa shape index (κ1) is 12.1. The maximum Gasteiger partial charge on any atom is 0.251 e. The number of rotatable bonds is 3. The van der Waals surface area contributed by atoms with E-state index in [1.54, 1.807) is 6.92 Å². The molecule has 1 aromatic carbocycles. The highest BCUT2D eigenvalue weighted by Crippen LogP contribution is 2.16. The Morgan fingerprint density at radius 1 is 1.67 bits per heavy atom. The second kappa shape index (κ2) is 5.23. The highest BCUT2D eigenvalue weighted by Gasteiger charge is 2.10. The molecular weight excluding hydrogens is 265 g/mol. The number of aliphatic hydroxyl groups excluding tert-OH is 1. The van der Waals surface area contributed by atoms with E-state index in [1.165, 1.54) is 12.1 Å². The molecule has 0 radical (unpaired) electrons. The molecular formula is C10H11BrFNO2. The molecule has 5 heteroatoms. The predicted octanol–water partition coefficient (Wildman–Crippen LogP) is 1.70. The Labute approximate surface area is 95.4 Å². The Morgan fingerprint density at radius 2 is 2.33 bits per heavy atom. The van der Waals surface area contributed by atoms with E-state index < -0.39 is 11.7 Å². The van der Waals surface area contributed by atoms with E-state index >= 15 is 0 Å². The summed E-state index contributed by atoms with van der Waals surface area (Å²) in [6.07, 6.45) is 0. The van der Waals surface area contributed by atoms with Crippen molar-refractivity contribution in [3.63, 3.8) is 0 Å². The zero-order valence-corrected chi connectivity index (χ0v) is 9.71. The molecule has 0 unspecified atom stereocenters. The van der Waals surface area contributed by atoms with E-state index in [0.717, 1.165) is 6.07 Å². The number of benzene rings is 1. The van der Waals surface area contributed by atoms with Gasteiger partial charge >= 0.3 is 0 Å². The smallest absolute Gasteiger partial charge is 0.251 e. The highest BCUT2D eigenvalue weighted by atomic mass is 79.9. The summed E-state index contributed by atoms with van der Waals surface area (Å²) in [7, 11) is 0. The van der Waals surface area contributed by atoms with E-state index in [1.807, 2.05) is 0 Å². The molecule has 2 N–H and O–H groups in total. The van der Waals surface area contributed by atoms with Crippen molar-refractivity contribution in [2.24, 2.45) is 0 Å². The molecule has 1 amide bonds. The molecule has 0 bridgehead atoms. The van der Waals surface area contributed by atoms with Crippen LogP contribution in [0.25, 0.3) is 0 Å². The van der Waals surface area contributed by atoms with Crippen LogP contribution in [0.5, 0.6) is 0 Å². The lowest BCUT2D eigenvalue weighted by molar-refractivity contribution is 0.0922. The van der Waals surface area contributed by atoms with Gasteiger partial charge in [-0.2, -0.15) is 0 Å². The predicted molar refractivity (Wildman–Crippen MR) is 58.1 cm³/mol. The van der Waals surface area contributed by atoms with Crippen LogP contribution in [0.1, 0.15) is 17.3 Å². The van der Waals surface area contributed by atoms with Gasteiger partial charge in [-0.3, -0.25) is 4.79 Å². The zero-order chi connectivity index (χ0) is 11.4. The Bertz CT molecular complexity index is 370. The van der Waals surface area contributed by atoms with Gasteiger partial charge in [-0.1, -0.05) is 0 Å². The number of amides is 1. The molecule has 0 aliphatic rings. The molecule has 1 atom stereocenters. The summed E-state index contributed by atoms with van der Waals surface area (Å²) < 4.78 is 13.4. The average molecular weight is 276 g/mol. The number of carbonyl (C=O) groups excluding carboxylic acids is 1. The number of carbonyl (C=O) groups is 1. The van der Waals surface area contributed by atoms with Crippen LogP contribution in [0, 0.1) is 5.82 Å². The Balaban J connectivity index is 2.78. The van der Waals surface area contributed by atoms with Gasteiger partial charge in [0.05, 0.1) is 11.1 Å². The number of halogens is 2. The number of nitrogens with one attached hydrogen (secondary N) is 1. The third kappa shape index (κ3) is 3.28. The summed E-state index contributed by atoms with van der Waals surface area (Å²) in [5.74, 6) is -0.887. The minimum absolute atomic E-state index is 0.148. The maximum absolute atomic E-state index is 13.1. The summed E-state index contributed by atoms with van der Waals surface area (Å²) >= 11 is 3.00. The summed E-state index contributed by atoms with van der Waals surface area (Å²) in [5.41, 5.74) is 0.232. The lowest BCUT2D eigenvalue weighted by Crippen LogP contribution is -2.35. The Kier molecular flexibility index (Phi) is 4.23. The van der Waals surface area contributed by atoms with Gasteiger partial charge in [0, 0.05) is 11.6 Å².